The topological polar surface area (TPSA) is 18.5 Å². The van der Waals surface area contributed by atoms with Gasteiger partial charge < -0.3 is 9.47 Å². The number of ether oxygens (including phenoxy) is 2. The maximum Gasteiger partial charge on any atom is 0.118 e. The summed E-state index contributed by atoms with van der Waals surface area (Å²) >= 11 is 0. The SMILES string of the molecule is COc1ccc(-c2c(-c3ccccc3)c(-c3ccccc3)c(-c3ccccc3)c(-c3ccccc3)c2-c2ccc(-c3c(-c4ccccc4)c(-c4ccccc4)c(-c4ccccc4)c(-c4ccccc4)c3-c3ccc(OC)cc3)cc2)cc1. The van der Waals surface area contributed by atoms with Crippen LogP contribution in [-0.4, -0.2) is 14.2 Å². The first-order valence-electron chi connectivity index (χ1n) is 28.0. The minimum Gasteiger partial charge on any atom is -0.497 e. The summed E-state index contributed by atoms with van der Waals surface area (Å²) in [4.78, 5) is 0. The molecule has 0 unspecified atom stereocenters. The number of hydrogen-bond donors (Lipinski definition) is 0. The van der Waals surface area contributed by atoms with Crippen LogP contribution in [0.15, 0.2) is 315 Å². The van der Waals surface area contributed by atoms with Crippen molar-refractivity contribution in [3.05, 3.63) is 315 Å². The zero-order valence-corrected chi connectivity index (χ0v) is 45.8. The predicted molar refractivity (Wildman–Crippen MR) is 345 cm³/mol. The molecular formula is C80H58O2. The first-order valence-corrected chi connectivity index (χ1v) is 28.0. The molecule has 0 N–H and O–H groups in total. The molecule has 2 heteroatoms. The molecule has 0 aliphatic heterocycles. The van der Waals surface area contributed by atoms with E-state index in [-0.39, 0.29) is 0 Å². The fourth-order valence-electron chi connectivity index (χ4n) is 12.1. The van der Waals surface area contributed by atoms with Gasteiger partial charge in [0.1, 0.15) is 11.5 Å². The molecule has 13 aromatic rings. The molecule has 0 aliphatic rings. The number of rotatable bonds is 14. The van der Waals surface area contributed by atoms with Crippen molar-refractivity contribution in [3.8, 4) is 145 Å². The van der Waals surface area contributed by atoms with Crippen LogP contribution in [0.3, 0.4) is 0 Å². The van der Waals surface area contributed by atoms with E-state index in [2.05, 4.69) is 315 Å². The fraction of sp³-hybridized carbons (Fsp3) is 0.0250. The van der Waals surface area contributed by atoms with E-state index in [0.29, 0.717) is 0 Å². The molecule has 0 amide bonds. The lowest BCUT2D eigenvalue weighted by Crippen LogP contribution is -2.03. The van der Waals surface area contributed by atoms with Crippen molar-refractivity contribution in [2.24, 2.45) is 0 Å². The van der Waals surface area contributed by atoms with Gasteiger partial charge in [-0.25, -0.2) is 0 Å². The summed E-state index contributed by atoms with van der Waals surface area (Å²) in [5.74, 6) is 1.60. The summed E-state index contributed by atoms with van der Waals surface area (Å²) in [5.41, 5.74) is 27.2. The van der Waals surface area contributed by atoms with Crippen LogP contribution in [0.1, 0.15) is 0 Å². The average Bonchev–Trinajstić information content (AvgIpc) is 2.38. The second-order valence-electron chi connectivity index (χ2n) is 20.5. The first kappa shape index (κ1) is 50.9. The average molecular weight is 1050 g/mol. The number of hydrogen-bond acceptors (Lipinski definition) is 2. The van der Waals surface area contributed by atoms with Crippen molar-refractivity contribution in [1.82, 2.24) is 0 Å². The Balaban J connectivity index is 1.21. The minimum atomic E-state index is 0.799. The van der Waals surface area contributed by atoms with E-state index in [1.807, 2.05) is 0 Å². The lowest BCUT2D eigenvalue weighted by atomic mass is 9.73. The zero-order valence-electron chi connectivity index (χ0n) is 45.8. The summed E-state index contributed by atoms with van der Waals surface area (Å²) in [6.07, 6.45) is 0. The lowest BCUT2D eigenvalue weighted by Gasteiger charge is -2.30. The predicted octanol–water partition coefficient (Wildman–Crippen LogP) is 21.7. The molecule has 0 aliphatic carbocycles. The molecule has 390 valence electrons. The third kappa shape index (κ3) is 9.67. The first-order chi connectivity index (χ1) is 40.7. The molecule has 13 rings (SSSR count). The Morgan fingerprint density at radius 3 is 0.366 bits per heavy atom. The van der Waals surface area contributed by atoms with Crippen LogP contribution in [0.2, 0.25) is 0 Å². The highest BCUT2D eigenvalue weighted by atomic mass is 16.5. The third-order valence-corrected chi connectivity index (χ3v) is 15.7. The molecule has 0 radical (unpaired) electrons. The Morgan fingerprint density at radius 1 is 0.134 bits per heavy atom. The van der Waals surface area contributed by atoms with Gasteiger partial charge in [-0.1, -0.05) is 291 Å². The van der Waals surface area contributed by atoms with E-state index in [9.17, 15) is 0 Å². The molecule has 0 aromatic heterocycles. The highest BCUT2D eigenvalue weighted by Crippen LogP contribution is 2.59. The summed E-state index contributed by atoms with van der Waals surface area (Å²) in [7, 11) is 3.47. The van der Waals surface area contributed by atoms with Crippen LogP contribution in [0.5, 0.6) is 11.5 Å². The van der Waals surface area contributed by atoms with E-state index in [1.54, 1.807) is 14.2 Å². The van der Waals surface area contributed by atoms with Gasteiger partial charge in [-0.2, -0.15) is 0 Å². The van der Waals surface area contributed by atoms with E-state index in [4.69, 9.17) is 9.47 Å². The van der Waals surface area contributed by atoms with E-state index < -0.39 is 0 Å². The second kappa shape index (κ2) is 23.0. The third-order valence-electron chi connectivity index (χ3n) is 15.7. The molecule has 82 heavy (non-hydrogen) atoms. The summed E-state index contributed by atoms with van der Waals surface area (Å²) < 4.78 is 11.7. The molecule has 0 fully saturated rings. The Morgan fingerprint density at radius 2 is 0.244 bits per heavy atom. The molecule has 0 saturated carbocycles. The Kier molecular flexibility index (Phi) is 14.3. The van der Waals surface area contributed by atoms with Gasteiger partial charge in [0.15, 0.2) is 0 Å². The molecule has 0 saturated heterocycles. The molecule has 0 atom stereocenters. The Hall–Kier alpha value is -10.5. The molecule has 0 heterocycles. The van der Waals surface area contributed by atoms with Crippen LogP contribution < -0.4 is 9.47 Å². The molecule has 13 aromatic carbocycles. The maximum atomic E-state index is 5.85. The zero-order chi connectivity index (χ0) is 55.2. The van der Waals surface area contributed by atoms with E-state index >= 15 is 0 Å². The van der Waals surface area contributed by atoms with Crippen molar-refractivity contribution in [2.45, 2.75) is 0 Å². The van der Waals surface area contributed by atoms with Crippen LogP contribution in [0, 0.1) is 0 Å². The van der Waals surface area contributed by atoms with Gasteiger partial charge in [0, 0.05) is 0 Å². The van der Waals surface area contributed by atoms with Gasteiger partial charge in [0.2, 0.25) is 0 Å². The van der Waals surface area contributed by atoms with Gasteiger partial charge in [-0.05, 0) is 158 Å². The quantitative estimate of drug-likeness (QED) is 0.108. The minimum absolute atomic E-state index is 0.799. The highest BCUT2D eigenvalue weighted by Gasteiger charge is 2.32. The van der Waals surface area contributed by atoms with Gasteiger partial charge >= 0.3 is 0 Å². The Labute approximate surface area is 481 Å². The Bertz CT molecular complexity index is 4000. The van der Waals surface area contributed by atoms with Gasteiger partial charge in [0.25, 0.3) is 0 Å². The monoisotopic (exact) mass is 1050 g/mol. The van der Waals surface area contributed by atoms with Gasteiger partial charge in [-0.15, -0.1) is 0 Å². The van der Waals surface area contributed by atoms with Crippen LogP contribution in [0.25, 0.3) is 134 Å². The molecule has 0 spiro atoms. The van der Waals surface area contributed by atoms with Crippen LogP contribution in [-0.2, 0) is 0 Å². The highest BCUT2D eigenvalue weighted by molar-refractivity contribution is 6.17. The fourth-order valence-corrected chi connectivity index (χ4v) is 12.1. The lowest BCUT2D eigenvalue weighted by molar-refractivity contribution is 0.415. The van der Waals surface area contributed by atoms with Crippen LogP contribution >= 0.6 is 0 Å². The van der Waals surface area contributed by atoms with Crippen LogP contribution in [0.4, 0.5) is 0 Å². The maximum absolute atomic E-state index is 5.85. The normalized spacial score (nSPS) is 11.0. The second-order valence-corrected chi connectivity index (χ2v) is 20.5. The van der Waals surface area contributed by atoms with Crippen molar-refractivity contribution < 1.29 is 9.47 Å². The van der Waals surface area contributed by atoms with Crippen molar-refractivity contribution >= 4 is 0 Å². The number of methoxy groups -OCH3 is 2. The summed E-state index contributed by atoms with van der Waals surface area (Å²) in [6, 6.07) is 114. The van der Waals surface area contributed by atoms with Gasteiger partial charge in [0.05, 0.1) is 14.2 Å². The molecular weight excluding hydrogens is 993 g/mol. The molecule has 0 bridgehead atoms. The summed E-state index contributed by atoms with van der Waals surface area (Å²) in [5, 5.41) is 0. The summed E-state index contributed by atoms with van der Waals surface area (Å²) in [6.45, 7) is 0. The van der Waals surface area contributed by atoms with Crippen molar-refractivity contribution in [3.63, 3.8) is 0 Å². The standard InChI is InChI=1S/C80H58O2/c1-81-67-51-47-65(48-52-67)79-75(61-39-23-9-24-40-61)71(57-31-15-5-16-32-57)69(55-27-11-3-12-28-55)73(59-35-19-7-20-36-59)77(79)63-43-45-64(46-44-63)78-74(60-37-21-8-22-38-60)70(56-29-13-4-14-30-56)72(58-33-17-6-18-34-58)76(62-41-25-10-26-42-62)80(78)66-49-53-68(82-2)54-50-66/h3-54H,1-2H3. The largest absolute Gasteiger partial charge is 0.497 e. The number of benzene rings is 13. The van der Waals surface area contributed by atoms with E-state index in [0.717, 1.165) is 134 Å². The molecule has 2 nitrogen and oxygen atoms in total. The van der Waals surface area contributed by atoms with Crippen molar-refractivity contribution in [1.29, 1.82) is 0 Å². The van der Waals surface area contributed by atoms with Crippen molar-refractivity contribution in [2.75, 3.05) is 14.2 Å². The van der Waals surface area contributed by atoms with Gasteiger partial charge in [-0.3, -0.25) is 0 Å². The van der Waals surface area contributed by atoms with E-state index in [1.165, 1.54) is 11.1 Å². The smallest absolute Gasteiger partial charge is 0.118 e.